The third kappa shape index (κ3) is 3.85. The van der Waals surface area contributed by atoms with Crippen LogP contribution in [0.3, 0.4) is 0 Å². The maximum absolute atomic E-state index is 6.14. The first-order chi connectivity index (χ1) is 10.2. The molecule has 2 rings (SSSR count). The van der Waals surface area contributed by atoms with Crippen molar-refractivity contribution in [2.24, 2.45) is 0 Å². The molecule has 0 saturated heterocycles. The third-order valence-corrected chi connectivity index (χ3v) is 2.86. The average Bonchev–Trinajstić information content (AvgIpc) is 2.49. The molecule has 0 unspecified atom stereocenters. The maximum atomic E-state index is 6.14. The van der Waals surface area contributed by atoms with Gasteiger partial charge in [0.25, 0.3) is 0 Å². The summed E-state index contributed by atoms with van der Waals surface area (Å²) in [7, 11) is 3.30. The largest absolute Gasteiger partial charge is 0.497 e. The first kappa shape index (κ1) is 15.1. The number of anilines is 3. The summed E-state index contributed by atoms with van der Waals surface area (Å²) in [4.78, 5) is 12.5. The lowest BCUT2D eigenvalue weighted by atomic mass is 10.3. The summed E-state index contributed by atoms with van der Waals surface area (Å²) < 4.78 is 10.5. The number of halogens is 1. The van der Waals surface area contributed by atoms with Crippen LogP contribution in [0.15, 0.2) is 18.2 Å². The monoisotopic (exact) mass is 309 g/mol. The molecule has 0 atom stereocenters. The SMILES string of the molecule is CCOc1nc(NC)nc(Nc2cc(OC)ccc2Cl)n1. The second kappa shape index (κ2) is 6.94. The molecule has 1 heterocycles. The van der Waals surface area contributed by atoms with Gasteiger partial charge in [0.1, 0.15) is 5.75 Å². The van der Waals surface area contributed by atoms with Crippen LogP contribution in [0.5, 0.6) is 11.8 Å². The molecule has 0 aliphatic carbocycles. The number of benzene rings is 1. The molecule has 0 bridgehead atoms. The number of nitrogens with zero attached hydrogens (tertiary/aromatic N) is 3. The molecule has 7 nitrogen and oxygen atoms in total. The van der Waals surface area contributed by atoms with Crippen LogP contribution in [0.2, 0.25) is 5.02 Å². The van der Waals surface area contributed by atoms with Gasteiger partial charge < -0.3 is 20.1 Å². The quantitative estimate of drug-likeness (QED) is 0.849. The zero-order chi connectivity index (χ0) is 15.2. The van der Waals surface area contributed by atoms with E-state index in [0.717, 1.165) is 0 Å². The number of aromatic nitrogens is 3. The Labute approximate surface area is 127 Å². The van der Waals surface area contributed by atoms with Crippen LogP contribution < -0.4 is 20.1 Å². The van der Waals surface area contributed by atoms with Crippen molar-refractivity contribution in [1.29, 1.82) is 0 Å². The van der Waals surface area contributed by atoms with Crippen molar-refractivity contribution in [3.8, 4) is 11.8 Å². The summed E-state index contributed by atoms with van der Waals surface area (Å²) >= 11 is 6.14. The zero-order valence-electron chi connectivity index (χ0n) is 12.0. The smallest absolute Gasteiger partial charge is 0.323 e. The van der Waals surface area contributed by atoms with E-state index in [1.807, 2.05) is 6.92 Å². The molecule has 21 heavy (non-hydrogen) atoms. The first-order valence-corrected chi connectivity index (χ1v) is 6.71. The van der Waals surface area contributed by atoms with E-state index in [-0.39, 0.29) is 6.01 Å². The minimum Gasteiger partial charge on any atom is -0.497 e. The van der Waals surface area contributed by atoms with Crippen LogP contribution in [-0.2, 0) is 0 Å². The first-order valence-electron chi connectivity index (χ1n) is 6.33. The Bertz CT molecular complexity index is 624. The van der Waals surface area contributed by atoms with Crippen molar-refractivity contribution in [3.63, 3.8) is 0 Å². The second-order valence-corrected chi connectivity index (χ2v) is 4.33. The van der Waals surface area contributed by atoms with Gasteiger partial charge in [-0.2, -0.15) is 15.0 Å². The minimum atomic E-state index is 0.235. The van der Waals surface area contributed by atoms with Crippen LogP contribution in [0.25, 0.3) is 0 Å². The summed E-state index contributed by atoms with van der Waals surface area (Å²) in [6.07, 6.45) is 0. The molecule has 0 spiro atoms. The van der Waals surface area contributed by atoms with Crippen LogP contribution >= 0.6 is 11.6 Å². The number of ether oxygens (including phenoxy) is 2. The van der Waals surface area contributed by atoms with E-state index in [1.54, 1.807) is 32.4 Å². The predicted molar refractivity (Wildman–Crippen MR) is 81.8 cm³/mol. The van der Waals surface area contributed by atoms with Crippen molar-refractivity contribution in [2.45, 2.75) is 6.92 Å². The molecule has 0 saturated carbocycles. The van der Waals surface area contributed by atoms with Gasteiger partial charge in [0.2, 0.25) is 11.9 Å². The van der Waals surface area contributed by atoms with E-state index in [1.165, 1.54) is 0 Å². The normalized spacial score (nSPS) is 10.1. The number of methoxy groups -OCH3 is 1. The maximum Gasteiger partial charge on any atom is 0.323 e. The van der Waals surface area contributed by atoms with Gasteiger partial charge in [-0.05, 0) is 19.1 Å². The molecule has 0 amide bonds. The highest BCUT2D eigenvalue weighted by atomic mass is 35.5. The van der Waals surface area contributed by atoms with Crippen molar-refractivity contribution in [1.82, 2.24) is 15.0 Å². The van der Waals surface area contributed by atoms with Gasteiger partial charge in [0.05, 0.1) is 24.4 Å². The Morgan fingerprint density at radius 1 is 1.19 bits per heavy atom. The van der Waals surface area contributed by atoms with Crippen molar-refractivity contribution in [2.75, 3.05) is 31.4 Å². The Hall–Kier alpha value is -2.28. The van der Waals surface area contributed by atoms with Crippen LogP contribution in [0.1, 0.15) is 6.92 Å². The Balaban J connectivity index is 2.32. The molecule has 1 aromatic carbocycles. The van der Waals surface area contributed by atoms with E-state index in [9.17, 15) is 0 Å². The van der Waals surface area contributed by atoms with E-state index in [4.69, 9.17) is 21.1 Å². The van der Waals surface area contributed by atoms with Gasteiger partial charge in [-0.3, -0.25) is 0 Å². The van der Waals surface area contributed by atoms with Gasteiger partial charge in [-0.25, -0.2) is 0 Å². The third-order valence-electron chi connectivity index (χ3n) is 2.53. The Morgan fingerprint density at radius 3 is 2.62 bits per heavy atom. The molecule has 1 aromatic heterocycles. The fourth-order valence-electron chi connectivity index (χ4n) is 1.57. The van der Waals surface area contributed by atoms with Crippen molar-refractivity contribution in [3.05, 3.63) is 23.2 Å². The van der Waals surface area contributed by atoms with Gasteiger partial charge in [-0.15, -0.1) is 0 Å². The molecule has 2 aromatic rings. The fourth-order valence-corrected chi connectivity index (χ4v) is 1.73. The molecule has 0 radical (unpaired) electrons. The second-order valence-electron chi connectivity index (χ2n) is 3.92. The van der Waals surface area contributed by atoms with Gasteiger partial charge in [0, 0.05) is 13.1 Å². The highest BCUT2D eigenvalue weighted by Crippen LogP contribution is 2.28. The van der Waals surface area contributed by atoms with Gasteiger partial charge >= 0.3 is 6.01 Å². The summed E-state index contributed by atoms with van der Waals surface area (Å²) in [5.41, 5.74) is 0.631. The van der Waals surface area contributed by atoms with E-state index in [0.29, 0.717) is 35.0 Å². The highest BCUT2D eigenvalue weighted by molar-refractivity contribution is 6.33. The van der Waals surface area contributed by atoms with Crippen LogP contribution in [-0.4, -0.2) is 35.7 Å². The number of rotatable bonds is 6. The molecule has 0 aliphatic rings. The standard InChI is InChI=1S/C13H16ClN5O2/c1-4-21-13-18-11(15-2)17-12(19-13)16-10-7-8(20-3)5-6-9(10)14/h5-7H,4H2,1-3H3,(H2,15,16,17,18,19). The fraction of sp³-hybridized carbons (Fsp3) is 0.308. The number of hydrogen-bond donors (Lipinski definition) is 2. The zero-order valence-corrected chi connectivity index (χ0v) is 12.7. The van der Waals surface area contributed by atoms with Gasteiger partial charge in [-0.1, -0.05) is 11.6 Å². The Kier molecular flexibility index (Phi) is 4.99. The highest BCUT2D eigenvalue weighted by Gasteiger charge is 2.09. The van der Waals surface area contributed by atoms with E-state index >= 15 is 0 Å². The Morgan fingerprint density at radius 2 is 1.95 bits per heavy atom. The molecular weight excluding hydrogens is 294 g/mol. The van der Waals surface area contributed by atoms with Crippen LogP contribution in [0, 0.1) is 0 Å². The summed E-state index contributed by atoms with van der Waals surface area (Å²) in [5, 5.41) is 6.40. The molecule has 0 fully saturated rings. The molecule has 8 heteroatoms. The lowest BCUT2D eigenvalue weighted by Crippen LogP contribution is -2.07. The predicted octanol–water partition coefficient (Wildman–Crippen LogP) is 2.72. The average molecular weight is 310 g/mol. The number of nitrogens with one attached hydrogen (secondary N) is 2. The lowest BCUT2D eigenvalue weighted by molar-refractivity contribution is 0.312. The lowest BCUT2D eigenvalue weighted by Gasteiger charge is -2.10. The summed E-state index contributed by atoms with van der Waals surface area (Å²) in [6.45, 7) is 2.32. The molecule has 0 aliphatic heterocycles. The van der Waals surface area contributed by atoms with E-state index < -0.39 is 0 Å². The summed E-state index contributed by atoms with van der Waals surface area (Å²) in [5.74, 6) is 1.40. The molecule has 112 valence electrons. The van der Waals surface area contributed by atoms with Crippen LogP contribution in [0.4, 0.5) is 17.6 Å². The molecular formula is C13H16ClN5O2. The van der Waals surface area contributed by atoms with Crippen molar-refractivity contribution < 1.29 is 9.47 Å². The number of hydrogen-bond acceptors (Lipinski definition) is 7. The minimum absolute atomic E-state index is 0.235. The molecule has 2 N–H and O–H groups in total. The summed E-state index contributed by atoms with van der Waals surface area (Å²) in [6, 6.07) is 5.49. The van der Waals surface area contributed by atoms with Crippen molar-refractivity contribution >= 4 is 29.2 Å². The topological polar surface area (TPSA) is 81.2 Å². The van der Waals surface area contributed by atoms with E-state index in [2.05, 4.69) is 25.6 Å². The van der Waals surface area contributed by atoms with Gasteiger partial charge in [0.15, 0.2) is 0 Å².